The number of aromatic nitrogens is 2. The molecule has 0 aliphatic heterocycles. The maximum atomic E-state index is 13.1. The summed E-state index contributed by atoms with van der Waals surface area (Å²) in [6.07, 6.45) is 1.18. The molecule has 3 amide bonds. The predicted molar refractivity (Wildman–Crippen MR) is 146 cm³/mol. The van der Waals surface area contributed by atoms with Gasteiger partial charge in [-0.2, -0.15) is 0 Å². The molecule has 0 aliphatic carbocycles. The van der Waals surface area contributed by atoms with Crippen LogP contribution in [0.2, 0.25) is 0 Å². The monoisotopic (exact) mass is 564 g/mol. The minimum atomic E-state index is -1.45. The number of H-pyrrole nitrogens is 1. The van der Waals surface area contributed by atoms with Gasteiger partial charge >= 0.3 is 11.9 Å². The van der Waals surface area contributed by atoms with Crippen molar-refractivity contribution in [1.29, 1.82) is 0 Å². The Morgan fingerprint density at radius 3 is 2.10 bits per heavy atom. The highest BCUT2D eigenvalue weighted by molar-refractivity contribution is 5.92. The molecule has 0 saturated heterocycles. The summed E-state index contributed by atoms with van der Waals surface area (Å²) in [6, 6.07) is 16.2. The van der Waals surface area contributed by atoms with Crippen molar-refractivity contribution in [2.45, 2.75) is 37.5 Å². The molecule has 3 aromatic rings. The number of ether oxygens (including phenoxy) is 1. The standard InChI is InChI=1S/C28H32N6O7/c29-20(13-18-7-3-1-4-8-18)26(38)34-21(14-19-9-5-2-6-10-19)27(39)32-16-24(37)41-25(22-15-30-17-33-22)28(40)31-12-11-23(35)36/h1-10,15,17,20-21,25H,11-14,16,29H2,(H,30,33)(H,31,40)(H,32,39)(H,34,38)(H,35,36). The minimum absolute atomic E-state index is 0.133. The predicted octanol–water partition coefficient (Wildman–Crippen LogP) is -0.00140. The minimum Gasteiger partial charge on any atom is -0.481 e. The number of rotatable bonds is 15. The SMILES string of the molecule is NC(Cc1ccccc1)C(=O)NC(Cc1ccccc1)C(=O)NCC(=O)OC(C(=O)NCCC(=O)O)c1cnc[nH]1. The summed E-state index contributed by atoms with van der Waals surface area (Å²) in [6.45, 7) is -0.788. The first-order valence-corrected chi connectivity index (χ1v) is 12.8. The topological polar surface area (TPSA) is 206 Å². The van der Waals surface area contributed by atoms with Gasteiger partial charge in [-0.05, 0) is 17.5 Å². The summed E-state index contributed by atoms with van der Waals surface area (Å²) in [5.41, 5.74) is 7.88. The van der Waals surface area contributed by atoms with Crippen LogP contribution >= 0.6 is 0 Å². The molecule has 3 unspecified atom stereocenters. The number of nitrogens with one attached hydrogen (secondary N) is 4. The lowest BCUT2D eigenvalue weighted by molar-refractivity contribution is -0.156. The van der Waals surface area contributed by atoms with E-state index in [2.05, 4.69) is 25.9 Å². The van der Waals surface area contributed by atoms with E-state index < -0.39 is 54.4 Å². The van der Waals surface area contributed by atoms with E-state index >= 15 is 0 Å². The van der Waals surface area contributed by atoms with Gasteiger partial charge in [-0.15, -0.1) is 0 Å². The van der Waals surface area contributed by atoms with E-state index in [4.69, 9.17) is 15.6 Å². The molecule has 1 heterocycles. The number of esters is 1. The number of benzene rings is 2. The first-order valence-electron chi connectivity index (χ1n) is 12.8. The van der Waals surface area contributed by atoms with Crippen LogP contribution in [0, 0.1) is 0 Å². The van der Waals surface area contributed by atoms with Crippen molar-refractivity contribution in [3.8, 4) is 0 Å². The smallest absolute Gasteiger partial charge is 0.326 e. The molecule has 2 aromatic carbocycles. The van der Waals surface area contributed by atoms with Gasteiger partial charge in [0.2, 0.25) is 17.9 Å². The van der Waals surface area contributed by atoms with Crippen LogP contribution in [0.3, 0.4) is 0 Å². The average molecular weight is 565 g/mol. The number of hydrogen-bond donors (Lipinski definition) is 6. The molecular weight excluding hydrogens is 532 g/mol. The van der Waals surface area contributed by atoms with Crippen LogP contribution in [0.15, 0.2) is 73.2 Å². The van der Waals surface area contributed by atoms with E-state index in [-0.39, 0.29) is 31.5 Å². The number of carboxylic acid groups (broad SMARTS) is 1. The van der Waals surface area contributed by atoms with Crippen molar-refractivity contribution in [2.75, 3.05) is 13.1 Å². The molecule has 13 heteroatoms. The van der Waals surface area contributed by atoms with Crippen LogP contribution in [0.5, 0.6) is 0 Å². The molecule has 7 N–H and O–H groups in total. The third-order valence-electron chi connectivity index (χ3n) is 5.89. The quantitative estimate of drug-likeness (QED) is 0.137. The molecule has 1 aromatic heterocycles. The Morgan fingerprint density at radius 1 is 0.878 bits per heavy atom. The maximum absolute atomic E-state index is 13.1. The summed E-state index contributed by atoms with van der Waals surface area (Å²) in [5, 5.41) is 16.3. The molecular formula is C28H32N6O7. The molecule has 216 valence electrons. The van der Waals surface area contributed by atoms with Crippen LogP contribution < -0.4 is 21.7 Å². The Morgan fingerprint density at radius 2 is 1.51 bits per heavy atom. The summed E-state index contributed by atoms with van der Waals surface area (Å²) >= 11 is 0. The lowest BCUT2D eigenvalue weighted by Crippen LogP contribution is -2.53. The molecule has 3 rings (SSSR count). The Kier molecular flexibility index (Phi) is 11.5. The van der Waals surface area contributed by atoms with Crippen molar-refractivity contribution in [3.63, 3.8) is 0 Å². The molecule has 0 spiro atoms. The van der Waals surface area contributed by atoms with Crippen molar-refractivity contribution >= 4 is 29.7 Å². The second-order valence-corrected chi connectivity index (χ2v) is 9.08. The number of aromatic amines is 1. The number of amides is 3. The highest BCUT2D eigenvalue weighted by Crippen LogP contribution is 2.15. The Bertz CT molecular complexity index is 1300. The third kappa shape index (κ3) is 10.2. The number of nitrogens with zero attached hydrogens (tertiary/aromatic N) is 1. The Hall–Kier alpha value is -5.04. The molecule has 0 radical (unpaired) electrons. The van der Waals surface area contributed by atoms with Crippen LogP contribution in [-0.4, -0.2) is 69.9 Å². The van der Waals surface area contributed by atoms with Crippen molar-refractivity contribution in [3.05, 3.63) is 90.0 Å². The van der Waals surface area contributed by atoms with Crippen LogP contribution in [0.4, 0.5) is 0 Å². The zero-order chi connectivity index (χ0) is 29.6. The molecule has 41 heavy (non-hydrogen) atoms. The molecule has 0 aliphatic rings. The summed E-state index contributed by atoms with van der Waals surface area (Å²) in [5.74, 6) is -4.02. The Balaban J connectivity index is 1.62. The number of nitrogens with two attached hydrogens (primary N) is 1. The number of carboxylic acids is 1. The highest BCUT2D eigenvalue weighted by Gasteiger charge is 2.28. The van der Waals surface area contributed by atoms with Gasteiger partial charge in [-0.3, -0.25) is 24.0 Å². The fourth-order valence-corrected chi connectivity index (χ4v) is 3.81. The first-order chi connectivity index (χ1) is 19.7. The second-order valence-electron chi connectivity index (χ2n) is 9.08. The number of imidazole rings is 1. The largest absolute Gasteiger partial charge is 0.481 e. The molecule has 13 nitrogen and oxygen atoms in total. The molecule has 0 saturated carbocycles. The third-order valence-corrected chi connectivity index (χ3v) is 5.89. The number of carbonyl (C=O) groups is 5. The number of aliphatic carboxylic acids is 1. The van der Waals surface area contributed by atoms with Crippen molar-refractivity contribution < 1.29 is 33.8 Å². The van der Waals surface area contributed by atoms with Crippen LogP contribution in [0.1, 0.15) is 29.3 Å². The first kappa shape index (κ1) is 30.5. The molecule has 0 fully saturated rings. The van der Waals surface area contributed by atoms with E-state index in [0.29, 0.717) is 0 Å². The fourth-order valence-electron chi connectivity index (χ4n) is 3.81. The van der Waals surface area contributed by atoms with Gasteiger partial charge in [-0.25, -0.2) is 4.98 Å². The van der Waals surface area contributed by atoms with Gasteiger partial charge in [-0.1, -0.05) is 60.7 Å². The normalized spacial score (nSPS) is 12.8. The fraction of sp³-hybridized carbons (Fsp3) is 0.286. The second kappa shape index (κ2) is 15.5. The van der Waals surface area contributed by atoms with E-state index in [1.807, 2.05) is 36.4 Å². The van der Waals surface area contributed by atoms with Gasteiger partial charge in [0, 0.05) is 13.0 Å². The van der Waals surface area contributed by atoms with Crippen LogP contribution in [-0.2, 0) is 41.6 Å². The number of carbonyl (C=O) groups excluding carboxylic acids is 4. The van der Waals surface area contributed by atoms with Gasteiger partial charge in [0.1, 0.15) is 12.6 Å². The van der Waals surface area contributed by atoms with Gasteiger partial charge in [0.05, 0.1) is 30.7 Å². The Labute approximate surface area is 235 Å². The summed E-state index contributed by atoms with van der Waals surface area (Å²) in [7, 11) is 0. The lowest BCUT2D eigenvalue weighted by Gasteiger charge is -2.21. The van der Waals surface area contributed by atoms with E-state index in [1.54, 1.807) is 24.3 Å². The summed E-state index contributed by atoms with van der Waals surface area (Å²) in [4.78, 5) is 68.3. The van der Waals surface area contributed by atoms with Gasteiger partial charge in [0.15, 0.2) is 0 Å². The zero-order valence-electron chi connectivity index (χ0n) is 22.1. The average Bonchev–Trinajstić information content (AvgIpc) is 3.50. The van der Waals surface area contributed by atoms with Gasteiger partial charge in [0.25, 0.3) is 5.91 Å². The van der Waals surface area contributed by atoms with Crippen LogP contribution in [0.25, 0.3) is 0 Å². The van der Waals surface area contributed by atoms with Crippen molar-refractivity contribution in [1.82, 2.24) is 25.9 Å². The van der Waals surface area contributed by atoms with E-state index in [1.165, 1.54) is 12.5 Å². The molecule has 0 bridgehead atoms. The highest BCUT2D eigenvalue weighted by atomic mass is 16.5. The summed E-state index contributed by atoms with van der Waals surface area (Å²) < 4.78 is 5.26. The van der Waals surface area contributed by atoms with E-state index in [9.17, 15) is 24.0 Å². The maximum Gasteiger partial charge on any atom is 0.326 e. The van der Waals surface area contributed by atoms with Gasteiger partial charge < -0.3 is 36.5 Å². The van der Waals surface area contributed by atoms with Crippen molar-refractivity contribution in [2.24, 2.45) is 5.73 Å². The number of hydrogen-bond acceptors (Lipinski definition) is 8. The molecule has 3 atom stereocenters. The van der Waals surface area contributed by atoms with E-state index in [0.717, 1.165) is 11.1 Å². The zero-order valence-corrected chi connectivity index (χ0v) is 22.1. The lowest BCUT2D eigenvalue weighted by atomic mass is 10.0.